The van der Waals surface area contributed by atoms with Gasteiger partial charge in [0.1, 0.15) is 5.82 Å². The Morgan fingerprint density at radius 3 is 2.77 bits per heavy atom. The quantitative estimate of drug-likeness (QED) is 0.687. The Kier molecular flexibility index (Phi) is 1.92. The lowest BCUT2D eigenvalue weighted by Crippen LogP contribution is -1.88. The topological polar surface area (TPSA) is 9.23 Å². The molecule has 0 aliphatic carbocycles. The number of hydrogen-bond acceptors (Lipinski definition) is 2. The van der Waals surface area contributed by atoms with Crippen LogP contribution < -0.4 is 4.74 Å². The third kappa shape index (κ3) is 1.18. The minimum absolute atomic E-state index is 0.0179. The second-order valence-electron chi connectivity index (χ2n) is 2.54. The molecule has 0 N–H and O–H groups in total. The van der Waals surface area contributed by atoms with Crippen molar-refractivity contribution in [3.63, 3.8) is 0 Å². The molecule has 0 fully saturated rings. The Hall–Kier alpha value is -1.16. The lowest BCUT2D eigenvalue weighted by atomic mass is 10.2. The molecule has 0 amide bonds. The summed E-state index contributed by atoms with van der Waals surface area (Å²) < 4.78 is 31.8. The number of methoxy groups -OCH3 is 1. The fraction of sp³-hybridized carbons (Fsp3) is 0.111. The molecule has 0 atom stereocenters. The summed E-state index contributed by atoms with van der Waals surface area (Å²) in [4.78, 5) is 0. The summed E-state index contributed by atoms with van der Waals surface area (Å²) in [7, 11) is 1.36. The summed E-state index contributed by atoms with van der Waals surface area (Å²) in [5.41, 5.74) is 0. The van der Waals surface area contributed by atoms with Crippen molar-refractivity contribution in [3.05, 3.63) is 29.1 Å². The van der Waals surface area contributed by atoms with Gasteiger partial charge in [0.2, 0.25) is 0 Å². The van der Waals surface area contributed by atoms with E-state index in [4.69, 9.17) is 4.74 Å². The molecule has 1 nitrogen and oxygen atoms in total. The van der Waals surface area contributed by atoms with E-state index in [0.29, 0.717) is 4.70 Å². The Morgan fingerprint density at radius 1 is 1.31 bits per heavy atom. The van der Waals surface area contributed by atoms with Gasteiger partial charge >= 0.3 is 0 Å². The lowest BCUT2D eigenvalue weighted by Gasteiger charge is -2.01. The van der Waals surface area contributed by atoms with Crippen LogP contribution in [-0.4, -0.2) is 7.11 Å². The second-order valence-corrected chi connectivity index (χ2v) is 3.45. The van der Waals surface area contributed by atoms with E-state index in [1.807, 2.05) is 0 Å². The average Bonchev–Trinajstić information content (AvgIpc) is 2.49. The smallest absolute Gasteiger partial charge is 0.176 e. The predicted molar refractivity (Wildman–Crippen MR) is 48.3 cm³/mol. The van der Waals surface area contributed by atoms with Gasteiger partial charge in [-0.15, -0.1) is 11.3 Å². The summed E-state index contributed by atoms with van der Waals surface area (Å²) >= 11 is 1.18. The highest BCUT2D eigenvalue weighted by atomic mass is 32.1. The van der Waals surface area contributed by atoms with Crippen LogP contribution in [0.2, 0.25) is 0 Å². The molecule has 0 aliphatic heterocycles. The fourth-order valence-corrected chi connectivity index (χ4v) is 1.99. The standard InChI is InChI=1S/C9H6F2OS/c1-12-6-2-3-7-8(9(6)11)5(10)4-13-7/h2-4H,1H3. The van der Waals surface area contributed by atoms with E-state index in [2.05, 4.69) is 0 Å². The number of rotatable bonds is 1. The molecular formula is C9H6F2OS. The van der Waals surface area contributed by atoms with E-state index in [1.165, 1.54) is 29.9 Å². The first kappa shape index (κ1) is 8.44. The Labute approximate surface area is 77.6 Å². The number of fused-ring (bicyclic) bond motifs is 1. The molecule has 0 spiro atoms. The van der Waals surface area contributed by atoms with Crippen LogP contribution in [0, 0.1) is 11.6 Å². The van der Waals surface area contributed by atoms with Crippen LogP contribution in [0.4, 0.5) is 8.78 Å². The molecule has 0 unspecified atom stereocenters. The van der Waals surface area contributed by atoms with Crippen LogP contribution in [0.15, 0.2) is 17.5 Å². The zero-order chi connectivity index (χ0) is 9.42. The third-order valence-electron chi connectivity index (χ3n) is 1.82. The maximum atomic E-state index is 13.4. The third-order valence-corrected chi connectivity index (χ3v) is 2.74. The van der Waals surface area contributed by atoms with E-state index >= 15 is 0 Å². The molecular weight excluding hydrogens is 194 g/mol. The average molecular weight is 200 g/mol. The molecule has 2 aromatic rings. The summed E-state index contributed by atoms with van der Waals surface area (Å²) in [6.07, 6.45) is 0. The van der Waals surface area contributed by atoms with Gasteiger partial charge in [-0.05, 0) is 12.1 Å². The summed E-state index contributed by atoms with van der Waals surface area (Å²) in [6, 6.07) is 3.14. The van der Waals surface area contributed by atoms with Crippen molar-refractivity contribution in [2.24, 2.45) is 0 Å². The van der Waals surface area contributed by atoms with E-state index in [0.717, 1.165) is 0 Å². The minimum Gasteiger partial charge on any atom is -0.494 e. The largest absolute Gasteiger partial charge is 0.494 e. The van der Waals surface area contributed by atoms with Crippen LogP contribution in [0.3, 0.4) is 0 Å². The molecule has 0 radical (unpaired) electrons. The van der Waals surface area contributed by atoms with Crippen molar-refractivity contribution in [1.29, 1.82) is 0 Å². The molecule has 1 aromatic carbocycles. The van der Waals surface area contributed by atoms with Gasteiger partial charge in [-0.2, -0.15) is 0 Å². The van der Waals surface area contributed by atoms with Gasteiger partial charge in [0.15, 0.2) is 11.6 Å². The van der Waals surface area contributed by atoms with Crippen LogP contribution in [0.1, 0.15) is 0 Å². The van der Waals surface area contributed by atoms with Gasteiger partial charge in [-0.3, -0.25) is 0 Å². The minimum atomic E-state index is -0.626. The number of thiophene rings is 1. The Bertz CT molecular complexity index is 450. The first-order valence-electron chi connectivity index (χ1n) is 3.63. The van der Waals surface area contributed by atoms with Crippen molar-refractivity contribution < 1.29 is 13.5 Å². The van der Waals surface area contributed by atoms with Crippen LogP contribution >= 0.6 is 11.3 Å². The molecule has 68 valence electrons. The maximum Gasteiger partial charge on any atom is 0.176 e. The highest BCUT2D eigenvalue weighted by Crippen LogP contribution is 2.31. The zero-order valence-electron chi connectivity index (χ0n) is 6.80. The molecule has 4 heteroatoms. The number of benzene rings is 1. The van der Waals surface area contributed by atoms with Crippen LogP contribution in [-0.2, 0) is 0 Å². The van der Waals surface area contributed by atoms with Crippen molar-refractivity contribution in [2.45, 2.75) is 0 Å². The summed E-state index contributed by atoms with van der Waals surface area (Å²) in [6.45, 7) is 0. The van der Waals surface area contributed by atoms with Crippen LogP contribution in [0.25, 0.3) is 10.1 Å². The van der Waals surface area contributed by atoms with E-state index in [1.54, 1.807) is 6.07 Å². The molecule has 0 saturated heterocycles. The maximum absolute atomic E-state index is 13.4. The molecule has 1 heterocycles. The monoisotopic (exact) mass is 200 g/mol. The lowest BCUT2D eigenvalue weighted by molar-refractivity contribution is 0.388. The zero-order valence-corrected chi connectivity index (χ0v) is 7.62. The van der Waals surface area contributed by atoms with Crippen molar-refractivity contribution in [1.82, 2.24) is 0 Å². The molecule has 0 aliphatic rings. The molecule has 13 heavy (non-hydrogen) atoms. The molecule has 1 aromatic heterocycles. The fourth-order valence-electron chi connectivity index (χ4n) is 1.19. The normalized spacial score (nSPS) is 10.7. The van der Waals surface area contributed by atoms with E-state index in [9.17, 15) is 8.78 Å². The predicted octanol–water partition coefficient (Wildman–Crippen LogP) is 3.19. The number of hydrogen-bond donors (Lipinski definition) is 0. The summed E-state index contributed by atoms with van der Waals surface area (Å²) in [5, 5.41) is 1.30. The summed E-state index contributed by atoms with van der Waals surface area (Å²) in [5.74, 6) is -1.08. The SMILES string of the molecule is COc1ccc2scc(F)c2c1F. The highest BCUT2D eigenvalue weighted by Gasteiger charge is 2.12. The van der Waals surface area contributed by atoms with Gasteiger partial charge in [0.05, 0.1) is 12.5 Å². The first-order chi connectivity index (χ1) is 6.24. The first-order valence-corrected chi connectivity index (χ1v) is 4.51. The van der Waals surface area contributed by atoms with Gasteiger partial charge in [-0.25, -0.2) is 8.78 Å². The van der Waals surface area contributed by atoms with Crippen molar-refractivity contribution in [2.75, 3.05) is 7.11 Å². The van der Waals surface area contributed by atoms with Gasteiger partial charge in [0, 0.05) is 10.1 Å². The van der Waals surface area contributed by atoms with E-state index in [-0.39, 0.29) is 11.1 Å². The number of halogens is 2. The molecule has 0 bridgehead atoms. The van der Waals surface area contributed by atoms with Gasteiger partial charge in [0.25, 0.3) is 0 Å². The Balaban J connectivity index is 2.83. The highest BCUT2D eigenvalue weighted by molar-refractivity contribution is 7.17. The van der Waals surface area contributed by atoms with Crippen LogP contribution in [0.5, 0.6) is 5.75 Å². The van der Waals surface area contributed by atoms with Gasteiger partial charge < -0.3 is 4.74 Å². The van der Waals surface area contributed by atoms with E-state index < -0.39 is 11.6 Å². The molecule has 2 rings (SSSR count). The number of ether oxygens (including phenoxy) is 1. The molecule has 0 saturated carbocycles. The van der Waals surface area contributed by atoms with Crippen molar-refractivity contribution >= 4 is 21.4 Å². The van der Waals surface area contributed by atoms with Gasteiger partial charge in [-0.1, -0.05) is 0 Å². The van der Waals surface area contributed by atoms with Crippen molar-refractivity contribution in [3.8, 4) is 5.75 Å². The Morgan fingerprint density at radius 2 is 2.08 bits per heavy atom. The second kappa shape index (κ2) is 2.96.